The quantitative estimate of drug-likeness (QED) is 0.864. The van der Waals surface area contributed by atoms with Crippen molar-refractivity contribution in [3.05, 3.63) is 29.1 Å². The first-order chi connectivity index (χ1) is 8.61. The SMILES string of the molecule is CCCCC(O)c1cc(F)cc2c1NC(=O)CC2. The maximum Gasteiger partial charge on any atom is 0.224 e. The molecule has 0 bridgehead atoms. The van der Waals surface area contributed by atoms with Gasteiger partial charge >= 0.3 is 0 Å². The minimum absolute atomic E-state index is 0.0713. The van der Waals surface area contributed by atoms with Crippen molar-refractivity contribution in [2.75, 3.05) is 5.32 Å². The fraction of sp³-hybridized carbons (Fsp3) is 0.500. The van der Waals surface area contributed by atoms with Crippen molar-refractivity contribution in [2.24, 2.45) is 0 Å². The van der Waals surface area contributed by atoms with E-state index in [-0.39, 0.29) is 11.7 Å². The number of aliphatic hydroxyl groups is 1. The smallest absolute Gasteiger partial charge is 0.224 e. The second-order valence-electron chi connectivity index (χ2n) is 4.74. The molecule has 1 amide bonds. The number of halogens is 1. The van der Waals surface area contributed by atoms with Crippen molar-refractivity contribution in [1.29, 1.82) is 0 Å². The molecule has 0 fully saturated rings. The molecule has 4 heteroatoms. The van der Waals surface area contributed by atoms with E-state index in [4.69, 9.17) is 0 Å². The van der Waals surface area contributed by atoms with Gasteiger partial charge in [-0.1, -0.05) is 19.8 Å². The summed E-state index contributed by atoms with van der Waals surface area (Å²) in [6.07, 6.45) is 2.63. The predicted octanol–water partition coefficient (Wildman–Crippen LogP) is 2.93. The van der Waals surface area contributed by atoms with E-state index in [0.717, 1.165) is 18.4 Å². The Morgan fingerprint density at radius 2 is 2.22 bits per heavy atom. The topological polar surface area (TPSA) is 49.3 Å². The summed E-state index contributed by atoms with van der Waals surface area (Å²) >= 11 is 0. The first-order valence-corrected chi connectivity index (χ1v) is 6.42. The molecule has 0 saturated carbocycles. The largest absolute Gasteiger partial charge is 0.388 e. The molecular formula is C14H18FNO2. The van der Waals surface area contributed by atoms with Crippen LogP contribution >= 0.6 is 0 Å². The highest BCUT2D eigenvalue weighted by molar-refractivity contribution is 5.94. The Labute approximate surface area is 106 Å². The number of unbranched alkanes of at least 4 members (excludes halogenated alkanes) is 1. The van der Waals surface area contributed by atoms with E-state index in [1.54, 1.807) is 0 Å². The van der Waals surface area contributed by atoms with Gasteiger partial charge in [0.15, 0.2) is 0 Å². The summed E-state index contributed by atoms with van der Waals surface area (Å²) in [5.41, 5.74) is 1.89. The number of hydrogen-bond donors (Lipinski definition) is 2. The zero-order valence-electron chi connectivity index (χ0n) is 10.5. The van der Waals surface area contributed by atoms with E-state index < -0.39 is 6.10 Å². The lowest BCUT2D eigenvalue weighted by Gasteiger charge is -2.23. The van der Waals surface area contributed by atoms with E-state index >= 15 is 0 Å². The second-order valence-corrected chi connectivity index (χ2v) is 4.74. The monoisotopic (exact) mass is 251 g/mol. The van der Waals surface area contributed by atoms with Gasteiger partial charge in [0.05, 0.1) is 6.10 Å². The van der Waals surface area contributed by atoms with Crippen molar-refractivity contribution in [3.63, 3.8) is 0 Å². The van der Waals surface area contributed by atoms with Gasteiger partial charge in [0.2, 0.25) is 5.91 Å². The van der Waals surface area contributed by atoms with Gasteiger partial charge in [-0.25, -0.2) is 4.39 Å². The van der Waals surface area contributed by atoms with Crippen LogP contribution in [0.1, 0.15) is 49.8 Å². The normalized spacial score (nSPS) is 16.1. The molecule has 1 aliphatic rings. The Morgan fingerprint density at radius 3 is 2.94 bits per heavy atom. The van der Waals surface area contributed by atoms with Crippen molar-refractivity contribution < 1.29 is 14.3 Å². The minimum Gasteiger partial charge on any atom is -0.388 e. The molecule has 3 nitrogen and oxygen atoms in total. The standard InChI is InChI=1S/C14H18FNO2/c1-2-3-4-12(17)11-8-10(15)7-9-5-6-13(18)16-14(9)11/h7-8,12,17H,2-6H2,1H3,(H,16,18). The van der Waals surface area contributed by atoms with Gasteiger partial charge in [0.25, 0.3) is 0 Å². The third-order valence-electron chi connectivity index (χ3n) is 3.29. The number of benzene rings is 1. The number of anilines is 1. The average molecular weight is 251 g/mol. The lowest BCUT2D eigenvalue weighted by atomic mass is 9.94. The molecule has 0 radical (unpaired) electrons. The number of aliphatic hydroxyl groups excluding tert-OH is 1. The summed E-state index contributed by atoms with van der Waals surface area (Å²) in [4.78, 5) is 11.4. The van der Waals surface area contributed by atoms with Crippen LogP contribution in [0.4, 0.5) is 10.1 Å². The Balaban J connectivity index is 2.33. The average Bonchev–Trinajstić information content (AvgIpc) is 2.35. The van der Waals surface area contributed by atoms with Crippen molar-refractivity contribution in [2.45, 2.75) is 45.1 Å². The lowest BCUT2D eigenvalue weighted by molar-refractivity contribution is -0.116. The molecule has 0 spiro atoms. The molecule has 1 atom stereocenters. The highest BCUT2D eigenvalue weighted by Gasteiger charge is 2.22. The molecule has 1 aromatic rings. The summed E-state index contributed by atoms with van der Waals surface area (Å²) in [5.74, 6) is -0.423. The maximum atomic E-state index is 13.5. The van der Waals surface area contributed by atoms with Gasteiger partial charge in [-0.15, -0.1) is 0 Å². The highest BCUT2D eigenvalue weighted by atomic mass is 19.1. The summed E-state index contributed by atoms with van der Waals surface area (Å²) in [7, 11) is 0. The van der Waals surface area contributed by atoms with Crippen LogP contribution in [0.25, 0.3) is 0 Å². The van der Waals surface area contributed by atoms with Gasteiger partial charge in [0.1, 0.15) is 5.82 Å². The van der Waals surface area contributed by atoms with E-state index in [2.05, 4.69) is 5.32 Å². The summed E-state index contributed by atoms with van der Waals surface area (Å²) in [6.45, 7) is 2.04. The maximum absolute atomic E-state index is 13.5. The van der Waals surface area contributed by atoms with Crippen LogP contribution < -0.4 is 5.32 Å². The van der Waals surface area contributed by atoms with Crippen LogP contribution in [0.3, 0.4) is 0 Å². The predicted molar refractivity (Wildman–Crippen MR) is 67.8 cm³/mol. The van der Waals surface area contributed by atoms with Crippen molar-refractivity contribution in [3.8, 4) is 0 Å². The highest BCUT2D eigenvalue weighted by Crippen LogP contribution is 2.33. The molecule has 1 aromatic carbocycles. The molecule has 0 aromatic heterocycles. The van der Waals surface area contributed by atoms with Gasteiger partial charge in [-0.2, -0.15) is 0 Å². The second kappa shape index (κ2) is 5.48. The van der Waals surface area contributed by atoms with Crippen LogP contribution in [0.5, 0.6) is 0 Å². The minimum atomic E-state index is -0.715. The Hall–Kier alpha value is -1.42. The summed E-state index contributed by atoms with van der Waals surface area (Å²) in [6, 6.07) is 2.76. The molecule has 1 aliphatic heterocycles. The number of aryl methyl sites for hydroxylation is 1. The number of fused-ring (bicyclic) bond motifs is 1. The molecule has 0 saturated heterocycles. The third-order valence-corrected chi connectivity index (χ3v) is 3.29. The van der Waals surface area contributed by atoms with E-state index in [1.807, 2.05) is 6.92 Å². The number of carbonyl (C=O) groups excluding carboxylic acids is 1. The molecular weight excluding hydrogens is 233 g/mol. The van der Waals surface area contributed by atoms with E-state index in [0.29, 0.717) is 30.5 Å². The first kappa shape index (κ1) is 13.0. The fourth-order valence-electron chi connectivity index (χ4n) is 2.30. The van der Waals surface area contributed by atoms with Crippen LogP contribution in [0.2, 0.25) is 0 Å². The Morgan fingerprint density at radius 1 is 1.44 bits per heavy atom. The van der Waals surface area contributed by atoms with Crippen LogP contribution in [0, 0.1) is 5.82 Å². The molecule has 1 unspecified atom stereocenters. The molecule has 2 rings (SSSR count). The van der Waals surface area contributed by atoms with Gasteiger partial charge < -0.3 is 10.4 Å². The van der Waals surface area contributed by atoms with E-state index in [9.17, 15) is 14.3 Å². The lowest BCUT2D eigenvalue weighted by Crippen LogP contribution is -2.21. The van der Waals surface area contributed by atoms with Gasteiger partial charge in [-0.3, -0.25) is 4.79 Å². The Bertz CT molecular complexity index is 459. The summed E-state index contributed by atoms with van der Waals surface area (Å²) < 4.78 is 13.5. The molecule has 18 heavy (non-hydrogen) atoms. The van der Waals surface area contributed by atoms with Crippen molar-refractivity contribution >= 4 is 11.6 Å². The summed E-state index contributed by atoms with van der Waals surface area (Å²) in [5, 5.41) is 12.8. The zero-order valence-corrected chi connectivity index (χ0v) is 10.5. The van der Waals surface area contributed by atoms with Crippen LogP contribution in [0.15, 0.2) is 12.1 Å². The molecule has 2 N–H and O–H groups in total. The number of carbonyl (C=O) groups is 1. The van der Waals surface area contributed by atoms with Crippen LogP contribution in [-0.4, -0.2) is 11.0 Å². The number of amides is 1. The number of rotatable bonds is 4. The number of nitrogens with one attached hydrogen (secondary N) is 1. The van der Waals surface area contributed by atoms with Gasteiger partial charge in [0, 0.05) is 17.7 Å². The third kappa shape index (κ3) is 2.70. The fourth-order valence-corrected chi connectivity index (χ4v) is 2.30. The zero-order chi connectivity index (χ0) is 13.1. The number of hydrogen-bond acceptors (Lipinski definition) is 2. The first-order valence-electron chi connectivity index (χ1n) is 6.42. The Kier molecular flexibility index (Phi) is 3.97. The molecule has 0 aliphatic carbocycles. The van der Waals surface area contributed by atoms with Crippen LogP contribution in [-0.2, 0) is 11.2 Å². The van der Waals surface area contributed by atoms with Crippen molar-refractivity contribution in [1.82, 2.24) is 0 Å². The van der Waals surface area contributed by atoms with E-state index in [1.165, 1.54) is 12.1 Å². The molecule has 98 valence electrons. The van der Waals surface area contributed by atoms with Gasteiger partial charge in [-0.05, 0) is 30.5 Å². The molecule has 1 heterocycles.